The summed E-state index contributed by atoms with van der Waals surface area (Å²) in [7, 11) is 0. The molecule has 3 aromatic rings. The van der Waals surface area contributed by atoms with Gasteiger partial charge in [-0.25, -0.2) is 15.0 Å². The van der Waals surface area contributed by atoms with E-state index in [2.05, 4.69) is 20.3 Å². The molecule has 0 saturated heterocycles. The Kier molecular flexibility index (Phi) is 5.57. The van der Waals surface area contributed by atoms with Crippen molar-refractivity contribution in [1.82, 2.24) is 24.8 Å². The highest BCUT2D eigenvalue weighted by Crippen LogP contribution is 2.16. The van der Waals surface area contributed by atoms with Gasteiger partial charge in [-0.15, -0.1) is 0 Å². The molecule has 0 radical (unpaired) electrons. The lowest BCUT2D eigenvalue weighted by Crippen LogP contribution is -2.32. The van der Waals surface area contributed by atoms with E-state index in [-0.39, 0.29) is 17.7 Å². The van der Waals surface area contributed by atoms with Crippen LogP contribution in [0.15, 0.2) is 72.7 Å². The van der Waals surface area contributed by atoms with E-state index in [0.29, 0.717) is 11.7 Å². The van der Waals surface area contributed by atoms with Crippen LogP contribution < -0.4 is 5.32 Å². The third-order valence-electron chi connectivity index (χ3n) is 3.36. The summed E-state index contributed by atoms with van der Waals surface area (Å²) in [4.78, 5) is 24.6. The van der Waals surface area contributed by atoms with Gasteiger partial charge in [-0.05, 0) is 11.6 Å². The highest BCUT2D eigenvalue weighted by Gasteiger charge is 2.15. The topological polar surface area (TPSA) is 72.7 Å². The van der Waals surface area contributed by atoms with E-state index in [1.54, 1.807) is 31.0 Å². The van der Waals surface area contributed by atoms with Gasteiger partial charge in [0.25, 0.3) is 0 Å². The second-order valence-corrected chi connectivity index (χ2v) is 6.05. The molecule has 1 N–H and O–H groups in total. The molecule has 6 nitrogen and oxygen atoms in total. The Labute approximate surface area is 144 Å². The maximum absolute atomic E-state index is 12.3. The molecule has 2 aromatic heterocycles. The minimum atomic E-state index is -0.120. The number of rotatable bonds is 7. The SMILES string of the molecule is O=C(CSc1ncccn1)N[C@@H](Cn1ccnc1)c1ccccc1. The van der Waals surface area contributed by atoms with Crippen molar-refractivity contribution in [2.75, 3.05) is 5.75 Å². The smallest absolute Gasteiger partial charge is 0.231 e. The third kappa shape index (κ3) is 4.66. The molecule has 1 aromatic carbocycles. The van der Waals surface area contributed by atoms with Crippen LogP contribution in [0.2, 0.25) is 0 Å². The number of imidazole rings is 1. The standard InChI is InChI=1S/C17H17N5OS/c23-16(12-24-17-19-7-4-8-20-17)21-15(11-22-10-9-18-13-22)14-5-2-1-3-6-14/h1-10,13,15H,11-12H2,(H,21,23)/t15-/m0/s1. The van der Waals surface area contributed by atoms with Crippen molar-refractivity contribution in [1.29, 1.82) is 0 Å². The van der Waals surface area contributed by atoms with Gasteiger partial charge in [0.15, 0.2) is 5.16 Å². The Bertz CT molecular complexity index is 749. The Hall–Kier alpha value is -2.67. The van der Waals surface area contributed by atoms with Gasteiger partial charge < -0.3 is 9.88 Å². The summed E-state index contributed by atoms with van der Waals surface area (Å²) in [5.41, 5.74) is 1.06. The number of hydrogen-bond donors (Lipinski definition) is 1. The summed E-state index contributed by atoms with van der Waals surface area (Å²) in [5, 5.41) is 3.67. The maximum Gasteiger partial charge on any atom is 0.231 e. The van der Waals surface area contributed by atoms with E-state index in [4.69, 9.17) is 0 Å². The lowest BCUT2D eigenvalue weighted by atomic mass is 10.1. The molecule has 0 aliphatic carbocycles. The summed E-state index contributed by atoms with van der Waals surface area (Å²) >= 11 is 1.32. The van der Waals surface area contributed by atoms with Crippen molar-refractivity contribution < 1.29 is 4.79 Å². The van der Waals surface area contributed by atoms with Gasteiger partial charge in [0.05, 0.1) is 18.1 Å². The minimum absolute atomic E-state index is 0.0542. The zero-order valence-corrected chi connectivity index (χ0v) is 13.8. The number of thioether (sulfide) groups is 1. The average Bonchev–Trinajstić information content (AvgIpc) is 3.14. The van der Waals surface area contributed by atoms with Crippen LogP contribution in [0.4, 0.5) is 0 Å². The van der Waals surface area contributed by atoms with Gasteiger partial charge in [0, 0.05) is 31.3 Å². The Morgan fingerprint density at radius 1 is 1.12 bits per heavy atom. The molecule has 122 valence electrons. The van der Waals surface area contributed by atoms with E-state index < -0.39 is 0 Å². The molecule has 0 aliphatic rings. The highest BCUT2D eigenvalue weighted by molar-refractivity contribution is 7.99. The highest BCUT2D eigenvalue weighted by atomic mass is 32.2. The summed E-state index contributed by atoms with van der Waals surface area (Å²) in [6.45, 7) is 0.627. The second kappa shape index (κ2) is 8.26. The summed E-state index contributed by atoms with van der Waals surface area (Å²) in [6.07, 6.45) is 8.69. The normalized spacial score (nSPS) is 11.8. The van der Waals surface area contributed by atoms with Crippen molar-refractivity contribution in [2.24, 2.45) is 0 Å². The average molecular weight is 339 g/mol. The van der Waals surface area contributed by atoms with Gasteiger partial charge >= 0.3 is 0 Å². The third-order valence-corrected chi connectivity index (χ3v) is 4.24. The first-order chi connectivity index (χ1) is 11.8. The summed E-state index contributed by atoms with van der Waals surface area (Å²) in [6, 6.07) is 11.5. The molecule has 0 fully saturated rings. The van der Waals surface area contributed by atoms with E-state index in [1.807, 2.05) is 41.1 Å². The number of carbonyl (C=O) groups excluding carboxylic acids is 1. The maximum atomic E-state index is 12.3. The van der Waals surface area contributed by atoms with Gasteiger partial charge in [0.1, 0.15) is 0 Å². The van der Waals surface area contributed by atoms with Gasteiger partial charge in [-0.3, -0.25) is 4.79 Å². The fourth-order valence-corrected chi connectivity index (χ4v) is 2.87. The quantitative estimate of drug-likeness (QED) is 0.528. The largest absolute Gasteiger partial charge is 0.347 e. The second-order valence-electron chi connectivity index (χ2n) is 5.11. The number of nitrogens with one attached hydrogen (secondary N) is 1. The van der Waals surface area contributed by atoms with Crippen molar-refractivity contribution in [3.05, 3.63) is 73.1 Å². The van der Waals surface area contributed by atoms with Crippen LogP contribution in [-0.4, -0.2) is 31.2 Å². The van der Waals surface area contributed by atoms with Crippen LogP contribution in [0.3, 0.4) is 0 Å². The Balaban J connectivity index is 1.63. The zero-order valence-electron chi connectivity index (χ0n) is 12.9. The van der Waals surface area contributed by atoms with E-state index in [0.717, 1.165) is 5.56 Å². The van der Waals surface area contributed by atoms with Gasteiger partial charge in [0.2, 0.25) is 5.91 Å². The lowest BCUT2D eigenvalue weighted by Gasteiger charge is -2.19. The van der Waals surface area contributed by atoms with Crippen LogP contribution in [0, 0.1) is 0 Å². The molecule has 0 unspecified atom stereocenters. The molecule has 2 heterocycles. The number of benzene rings is 1. The zero-order chi connectivity index (χ0) is 16.6. The van der Waals surface area contributed by atoms with E-state index in [1.165, 1.54) is 11.8 Å². The lowest BCUT2D eigenvalue weighted by molar-refractivity contribution is -0.119. The molecular weight excluding hydrogens is 322 g/mol. The molecule has 0 aliphatic heterocycles. The molecule has 0 bridgehead atoms. The Morgan fingerprint density at radius 3 is 2.62 bits per heavy atom. The van der Waals surface area contributed by atoms with Crippen molar-refractivity contribution in [3.8, 4) is 0 Å². The number of aromatic nitrogens is 4. The van der Waals surface area contributed by atoms with Crippen LogP contribution in [0.25, 0.3) is 0 Å². The molecular formula is C17H17N5OS. The van der Waals surface area contributed by atoms with Crippen LogP contribution >= 0.6 is 11.8 Å². The summed E-state index contributed by atoms with van der Waals surface area (Å²) in [5.74, 6) is 0.221. The molecule has 24 heavy (non-hydrogen) atoms. The van der Waals surface area contributed by atoms with Crippen LogP contribution in [0.1, 0.15) is 11.6 Å². The number of carbonyl (C=O) groups is 1. The monoisotopic (exact) mass is 339 g/mol. The van der Waals surface area contributed by atoms with E-state index in [9.17, 15) is 4.79 Å². The molecule has 1 atom stereocenters. The first kappa shape index (κ1) is 16.2. The first-order valence-electron chi connectivity index (χ1n) is 7.51. The predicted octanol–water partition coefficient (Wildman–Crippen LogP) is 2.32. The van der Waals surface area contributed by atoms with Crippen molar-refractivity contribution in [3.63, 3.8) is 0 Å². The molecule has 0 spiro atoms. The fourth-order valence-electron chi connectivity index (χ4n) is 2.25. The van der Waals surface area contributed by atoms with E-state index >= 15 is 0 Å². The van der Waals surface area contributed by atoms with Crippen LogP contribution in [0.5, 0.6) is 0 Å². The van der Waals surface area contributed by atoms with Gasteiger partial charge in [-0.2, -0.15) is 0 Å². The van der Waals surface area contributed by atoms with Crippen molar-refractivity contribution in [2.45, 2.75) is 17.7 Å². The Morgan fingerprint density at radius 2 is 1.92 bits per heavy atom. The van der Waals surface area contributed by atoms with Gasteiger partial charge in [-0.1, -0.05) is 42.1 Å². The molecule has 3 rings (SSSR count). The summed E-state index contributed by atoms with van der Waals surface area (Å²) < 4.78 is 1.95. The van der Waals surface area contributed by atoms with Crippen molar-refractivity contribution >= 4 is 17.7 Å². The number of amides is 1. The number of nitrogens with zero attached hydrogens (tertiary/aromatic N) is 4. The predicted molar refractivity (Wildman–Crippen MR) is 92.3 cm³/mol. The number of hydrogen-bond acceptors (Lipinski definition) is 5. The molecule has 1 amide bonds. The molecule has 7 heteroatoms. The molecule has 0 saturated carbocycles. The fraction of sp³-hybridized carbons (Fsp3) is 0.176. The van der Waals surface area contributed by atoms with Crippen LogP contribution in [-0.2, 0) is 11.3 Å². The minimum Gasteiger partial charge on any atom is -0.347 e. The first-order valence-corrected chi connectivity index (χ1v) is 8.49.